The second-order valence-corrected chi connectivity index (χ2v) is 4.18. The molecule has 1 amide bonds. The van der Waals surface area contributed by atoms with Crippen molar-refractivity contribution in [2.75, 3.05) is 19.6 Å². The Labute approximate surface area is 109 Å². The minimum absolute atomic E-state index is 0.0164. The lowest BCUT2D eigenvalue weighted by Gasteiger charge is -2.20. The molecular formula is C15H20N2O. The first kappa shape index (κ1) is 14.3. The van der Waals surface area contributed by atoms with Crippen LogP contribution in [-0.4, -0.2) is 30.4 Å². The zero-order chi connectivity index (χ0) is 13.2. The molecule has 3 nitrogen and oxygen atoms in total. The Bertz CT molecular complexity index is 395. The average molecular weight is 244 g/mol. The molecule has 0 atom stereocenters. The van der Waals surface area contributed by atoms with Crippen molar-refractivity contribution in [2.24, 2.45) is 0 Å². The topological polar surface area (TPSA) is 32.3 Å². The fourth-order valence-corrected chi connectivity index (χ4v) is 1.78. The van der Waals surface area contributed by atoms with E-state index in [1.165, 1.54) is 5.56 Å². The first-order valence-corrected chi connectivity index (χ1v) is 6.22. The Balaban J connectivity index is 2.50. The Kier molecular flexibility index (Phi) is 6.60. The van der Waals surface area contributed by atoms with Gasteiger partial charge in [-0.1, -0.05) is 43.2 Å². The highest BCUT2D eigenvalue weighted by Gasteiger charge is 2.09. The van der Waals surface area contributed by atoms with Crippen LogP contribution in [0.4, 0.5) is 0 Å². The molecule has 0 bridgehead atoms. The number of nitrogens with one attached hydrogen (secondary N) is 1. The number of nitrogens with zero attached hydrogens (tertiary/aromatic N) is 1. The molecule has 3 heteroatoms. The van der Waals surface area contributed by atoms with Gasteiger partial charge in [-0.2, -0.15) is 0 Å². The maximum absolute atomic E-state index is 11.6. The van der Waals surface area contributed by atoms with Gasteiger partial charge in [0, 0.05) is 6.54 Å². The van der Waals surface area contributed by atoms with Gasteiger partial charge in [0.15, 0.2) is 0 Å². The van der Waals surface area contributed by atoms with Crippen molar-refractivity contribution in [3.05, 3.63) is 35.9 Å². The van der Waals surface area contributed by atoms with E-state index in [1.54, 1.807) is 0 Å². The van der Waals surface area contributed by atoms with Gasteiger partial charge in [-0.15, -0.1) is 6.42 Å². The molecule has 0 fully saturated rings. The number of hydrogen-bond donors (Lipinski definition) is 1. The lowest BCUT2D eigenvalue weighted by molar-refractivity contribution is -0.122. The lowest BCUT2D eigenvalue weighted by Crippen LogP contribution is -2.37. The van der Waals surface area contributed by atoms with Crippen LogP contribution in [0.15, 0.2) is 30.3 Å². The first-order valence-electron chi connectivity index (χ1n) is 6.22. The Hall–Kier alpha value is -1.79. The fraction of sp³-hybridized carbons (Fsp3) is 0.400. The standard InChI is InChI=1S/C15H20N2O/c1-3-10-16-15(18)13-17(11-4-2)12-14-8-6-5-7-9-14/h1,5-9H,4,10-13H2,2H3,(H,16,18). The summed E-state index contributed by atoms with van der Waals surface area (Å²) in [7, 11) is 0. The molecule has 96 valence electrons. The lowest BCUT2D eigenvalue weighted by atomic mass is 10.2. The number of amides is 1. The number of terminal acetylenes is 1. The van der Waals surface area contributed by atoms with Crippen molar-refractivity contribution >= 4 is 5.91 Å². The number of hydrogen-bond acceptors (Lipinski definition) is 2. The van der Waals surface area contributed by atoms with Gasteiger partial charge in [0.25, 0.3) is 0 Å². The van der Waals surface area contributed by atoms with Crippen LogP contribution in [-0.2, 0) is 11.3 Å². The van der Waals surface area contributed by atoms with Gasteiger partial charge in [-0.25, -0.2) is 0 Å². The molecule has 1 aromatic carbocycles. The van der Waals surface area contributed by atoms with E-state index in [0.717, 1.165) is 19.5 Å². The molecule has 1 aromatic rings. The van der Waals surface area contributed by atoms with Crippen molar-refractivity contribution < 1.29 is 4.79 Å². The summed E-state index contributed by atoms with van der Waals surface area (Å²) in [5.74, 6) is 2.39. The third-order valence-electron chi connectivity index (χ3n) is 2.54. The molecule has 0 unspecified atom stereocenters. The summed E-state index contributed by atoms with van der Waals surface area (Å²) in [6.07, 6.45) is 6.13. The van der Waals surface area contributed by atoms with Crippen molar-refractivity contribution in [3.8, 4) is 12.3 Å². The number of carbonyl (C=O) groups excluding carboxylic acids is 1. The second-order valence-electron chi connectivity index (χ2n) is 4.18. The minimum Gasteiger partial charge on any atom is -0.344 e. The predicted molar refractivity (Wildman–Crippen MR) is 73.9 cm³/mol. The van der Waals surface area contributed by atoms with Gasteiger partial charge in [0.1, 0.15) is 0 Å². The Morgan fingerprint density at radius 2 is 2.11 bits per heavy atom. The predicted octanol–water partition coefficient (Wildman–Crippen LogP) is 1.65. The highest BCUT2D eigenvalue weighted by atomic mass is 16.2. The molecule has 0 radical (unpaired) electrons. The molecule has 0 saturated carbocycles. The smallest absolute Gasteiger partial charge is 0.234 e. The molecule has 1 N–H and O–H groups in total. The quantitative estimate of drug-likeness (QED) is 0.740. The van der Waals surface area contributed by atoms with Gasteiger partial charge in [0.05, 0.1) is 13.1 Å². The van der Waals surface area contributed by atoms with Crippen molar-refractivity contribution in [2.45, 2.75) is 19.9 Å². The SMILES string of the molecule is C#CCNC(=O)CN(CCC)Cc1ccccc1. The summed E-state index contributed by atoms with van der Waals surface area (Å²) >= 11 is 0. The summed E-state index contributed by atoms with van der Waals surface area (Å²) < 4.78 is 0. The molecule has 0 saturated heterocycles. The summed E-state index contributed by atoms with van der Waals surface area (Å²) in [6.45, 7) is 4.49. The Morgan fingerprint density at radius 3 is 2.72 bits per heavy atom. The zero-order valence-corrected chi connectivity index (χ0v) is 10.9. The first-order chi connectivity index (χ1) is 8.76. The van der Waals surface area contributed by atoms with Crippen LogP contribution in [0.1, 0.15) is 18.9 Å². The van der Waals surface area contributed by atoms with Crippen LogP contribution >= 0.6 is 0 Å². The van der Waals surface area contributed by atoms with Crippen molar-refractivity contribution in [1.82, 2.24) is 10.2 Å². The highest BCUT2D eigenvalue weighted by molar-refractivity contribution is 5.78. The van der Waals surface area contributed by atoms with E-state index in [2.05, 4.69) is 35.2 Å². The van der Waals surface area contributed by atoms with Crippen LogP contribution in [0.25, 0.3) is 0 Å². The second kappa shape index (κ2) is 8.32. The molecule has 0 heterocycles. The summed E-state index contributed by atoms with van der Waals surface area (Å²) in [5.41, 5.74) is 1.22. The van der Waals surface area contributed by atoms with Gasteiger partial charge in [-0.05, 0) is 18.5 Å². The monoisotopic (exact) mass is 244 g/mol. The van der Waals surface area contributed by atoms with Gasteiger partial charge >= 0.3 is 0 Å². The normalized spacial score (nSPS) is 10.1. The average Bonchev–Trinajstić information content (AvgIpc) is 2.38. The van der Waals surface area contributed by atoms with E-state index in [9.17, 15) is 4.79 Å². The number of carbonyl (C=O) groups is 1. The summed E-state index contributed by atoms with van der Waals surface area (Å²) in [5, 5.41) is 2.69. The molecule has 0 aliphatic rings. The van der Waals surface area contributed by atoms with Crippen molar-refractivity contribution in [1.29, 1.82) is 0 Å². The van der Waals surface area contributed by atoms with Crippen LogP contribution in [0, 0.1) is 12.3 Å². The van der Waals surface area contributed by atoms with E-state index >= 15 is 0 Å². The molecule has 0 aromatic heterocycles. The van der Waals surface area contributed by atoms with Crippen LogP contribution < -0.4 is 5.32 Å². The Morgan fingerprint density at radius 1 is 1.39 bits per heavy atom. The van der Waals surface area contributed by atoms with Gasteiger partial charge in [0.2, 0.25) is 5.91 Å². The summed E-state index contributed by atoms with van der Waals surface area (Å²) in [6, 6.07) is 10.2. The zero-order valence-electron chi connectivity index (χ0n) is 10.9. The molecule has 0 aliphatic heterocycles. The van der Waals surface area contributed by atoms with Gasteiger partial charge in [-0.3, -0.25) is 9.69 Å². The van der Waals surface area contributed by atoms with Crippen molar-refractivity contribution in [3.63, 3.8) is 0 Å². The van der Waals surface area contributed by atoms with Crippen LogP contribution in [0.3, 0.4) is 0 Å². The molecule has 1 rings (SSSR count). The molecule has 18 heavy (non-hydrogen) atoms. The van der Waals surface area contributed by atoms with Crippen LogP contribution in [0.2, 0.25) is 0 Å². The van der Waals surface area contributed by atoms with E-state index in [1.807, 2.05) is 18.2 Å². The molecule has 0 aliphatic carbocycles. The highest BCUT2D eigenvalue weighted by Crippen LogP contribution is 2.04. The molecule has 0 spiro atoms. The molecular weight excluding hydrogens is 224 g/mol. The number of rotatable bonds is 7. The van der Waals surface area contributed by atoms with Crippen LogP contribution in [0.5, 0.6) is 0 Å². The fourth-order valence-electron chi connectivity index (χ4n) is 1.78. The van der Waals surface area contributed by atoms with Gasteiger partial charge < -0.3 is 5.32 Å². The maximum atomic E-state index is 11.6. The third-order valence-corrected chi connectivity index (χ3v) is 2.54. The maximum Gasteiger partial charge on any atom is 0.234 e. The van der Waals surface area contributed by atoms with E-state index in [0.29, 0.717) is 13.1 Å². The third kappa shape index (κ3) is 5.51. The summed E-state index contributed by atoms with van der Waals surface area (Å²) in [4.78, 5) is 13.8. The van der Waals surface area contributed by atoms with E-state index in [4.69, 9.17) is 6.42 Å². The van der Waals surface area contributed by atoms with E-state index in [-0.39, 0.29) is 5.91 Å². The van der Waals surface area contributed by atoms with E-state index < -0.39 is 0 Å². The largest absolute Gasteiger partial charge is 0.344 e. The minimum atomic E-state index is -0.0164. The number of benzene rings is 1.